The lowest BCUT2D eigenvalue weighted by molar-refractivity contribution is 0.0625. The van der Waals surface area contributed by atoms with Crippen LogP contribution in [0.3, 0.4) is 0 Å². The Bertz CT molecular complexity index is 602. The van der Waals surface area contributed by atoms with Crippen molar-refractivity contribution in [3.63, 3.8) is 0 Å². The largest absolute Gasteiger partial charge is 0.393 e. The maximum absolute atomic E-state index is 9.34. The van der Waals surface area contributed by atoms with Gasteiger partial charge in [0.2, 0.25) is 5.89 Å². The van der Waals surface area contributed by atoms with Crippen molar-refractivity contribution in [3.8, 4) is 0 Å². The predicted molar refractivity (Wildman–Crippen MR) is 68.9 cm³/mol. The van der Waals surface area contributed by atoms with Crippen molar-refractivity contribution in [2.45, 2.75) is 43.6 Å². The molecule has 0 aliphatic heterocycles. The van der Waals surface area contributed by atoms with Gasteiger partial charge in [0.15, 0.2) is 5.82 Å². The first-order valence-electron chi connectivity index (χ1n) is 6.90. The first kappa shape index (κ1) is 11.2. The Hall–Kier alpha value is -1.68. The summed E-state index contributed by atoms with van der Waals surface area (Å²) in [6.07, 6.45) is 3.47. The van der Waals surface area contributed by atoms with Gasteiger partial charge < -0.3 is 9.63 Å². The van der Waals surface area contributed by atoms with E-state index in [0.29, 0.717) is 5.89 Å². The fraction of sp³-hybridized carbons (Fsp3) is 0.467. The predicted octanol–water partition coefficient (Wildman–Crippen LogP) is 2.39. The van der Waals surface area contributed by atoms with E-state index in [2.05, 4.69) is 34.4 Å². The van der Waals surface area contributed by atoms with Crippen molar-refractivity contribution in [1.82, 2.24) is 10.1 Å². The zero-order valence-electron chi connectivity index (χ0n) is 10.6. The summed E-state index contributed by atoms with van der Waals surface area (Å²) in [5, 5.41) is 13.5. The molecule has 4 nitrogen and oxygen atoms in total. The third-order valence-electron chi connectivity index (χ3n) is 4.36. The summed E-state index contributed by atoms with van der Waals surface area (Å²) in [6, 6.07) is 8.49. The van der Waals surface area contributed by atoms with Crippen LogP contribution in [-0.2, 0) is 6.42 Å². The molecule has 1 unspecified atom stereocenters. The van der Waals surface area contributed by atoms with Crippen LogP contribution >= 0.6 is 0 Å². The lowest BCUT2D eigenvalue weighted by Crippen LogP contribution is -2.26. The van der Waals surface area contributed by atoms with Crippen molar-refractivity contribution < 1.29 is 9.63 Å². The van der Waals surface area contributed by atoms with Gasteiger partial charge >= 0.3 is 0 Å². The number of hydrogen-bond donors (Lipinski definition) is 1. The molecule has 0 amide bonds. The van der Waals surface area contributed by atoms with Gasteiger partial charge in [-0.25, -0.2) is 0 Å². The summed E-state index contributed by atoms with van der Waals surface area (Å²) in [5.74, 6) is 2.04. The molecule has 4 heteroatoms. The molecule has 4 rings (SSSR count). The average molecular weight is 256 g/mol. The molecule has 1 heterocycles. The monoisotopic (exact) mass is 256 g/mol. The third kappa shape index (κ3) is 1.78. The van der Waals surface area contributed by atoms with Crippen LogP contribution in [-0.4, -0.2) is 21.4 Å². The van der Waals surface area contributed by atoms with Gasteiger partial charge in [-0.3, -0.25) is 0 Å². The molecule has 1 N–H and O–H groups in total. The normalized spacial score (nSPS) is 29.0. The molecule has 1 atom stereocenters. The van der Waals surface area contributed by atoms with Crippen LogP contribution in [0.4, 0.5) is 0 Å². The Morgan fingerprint density at radius 2 is 2.05 bits per heavy atom. The fourth-order valence-corrected chi connectivity index (χ4v) is 3.17. The number of fused-ring (bicyclic) bond motifs is 1. The van der Waals surface area contributed by atoms with Crippen molar-refractivity contribution in [2.75, 3.05) is 0 Å². The molecule has 1 fully saturated rings. The van der Waals surface area contributed by atoms with E-state index >= 15 is 0 Å². The summed E-state index contributed by atoms with van der Waals surface area (Å²) in [6.45, 7) is 0. The van der Waals surface area contributed by atoms with Crippen molar-refractivity contribution in [2.24, 2.45) is 0 Å². The van der Waals surface area contributed by atoms with Crippen molar-refractivity contribution >= 4 is 0 Å². The van der Waals surface area contributed by atoms with Gasteiger partial charge in [-0.2, -0.15) is 4.98 Å². The number of aliphatic hydroxyl groups excluding tert-OH is 1. The van der Waals surface area contributed by atoms with Crippen molar-refractivity contribution in [3.05, 3.63) is 47.1 Å². The van der Waals surface area contributed by atoms with E-state index in [1.54, 1.807) is 0 Å². The lowest BCUT2D eigenvalue weighted by atomic mass is 9.82. The minimum absolute atomic E-state index is 0.187. The number of rotatable bonds is 2. The summed E-state index contributed by atoms with van der Waals surface area (Å²) in [4.78, 5) is 4.56. The molecular weight excluding hydrogens is 240 g/mol. The number of aliphatic hydroxyl groups is 1. The topological polar surface area (TPSA) is 59.2 Å². The van der Waals surface area contributed by atoms with E-state index in [4.69, 9.17) is 4.52 Å². The third-order valence-corrected chi connectivity index (χ3v) is 4.36. The lowest BCUT2D eigenvalue weighted by Gasteiger charge is -2.27. The standard InChI is InChI=1S/C15H16N2O2/c18-11-7-10(8-11)15-16-14(17-19-15)13-6-5-9-3-1-2-4-12(9)13/h1-4,10-11,13,18H,5-8H2. The highest BCUT2D eigenvalue weighted by Gasteiger charge is 2.34. The SMILES string of the molecule is OC1CC(c2nc(C3CCc4ccccc43)no2)C1. The minimum Gasteiger partial charge on any atom is -0.393 e. The second-order valence-electron chi connectivity index (χ2n) is 5.60. The Balaban J connectivity index is 1.61. The number of benzene rings is 1. The van der Waals surface area contributed by atoms with E-state index in [0.717, 1.165) is 31.5 Å². The second-order valence-corrected chi connectivity index (χ2v) is 5.60. The van der Waals surface area contributed by atoms with Crippen LogP contribution in [0.5, 0.6) is 0 Å². The Labute approximate surface area is 111 Å². The molecule has 19 heavy (non-hydrogen) atoms. The minimum atomic E-state index is -0.187. The molecular formula is C15H16N2O2. The molecule has 0 saturated heterocycles. The van der Waals surface area contributed by atoms with Crippen LogP contribution in [0.15, 0.2) is 28.8 Å². The Morgan fingerprint density at radius 3 is 2.89 bits per heavy atom. The molecule has 0 bridgehead atoms. The van der Waals surface area contributed by atoms with E-state index in [1.807, 2.05) is 0 Å². The summed E-state index contributed by atoms with van der Waals surface area (Å²) < 4.78 is 5.37. The molecule has 98 valence electrons. The smallest absolute Gasteiger partial charge is 0.229 e. The molecule has 1 saturated carbocycles. The quantitative estimate of drug-likeness (QED) is 0.896. The summed E-state index contributed by atoms with van der Waals surface area (Å²) in [7, 11) is 0. The number of hydrogen-bond acceptors (Lipinski definition) is 4. The molecule has 2 aromatic rings. The van der Waals surface area contributed by atoms with Gasteiger partial charge in [-0.1, -0.05) is 29.4 Å². The van der Waals surface area contributed by atoms with Gasteiger partial charge in [-0.15, -0.1) is 0 Å². The molecule has 1 aromatic heterocycles. The highest BCUT2D eigenvalue weighted by Crippen LogP contribution is 2.39. The highest BCUT2D eigenvalue weighted by molar-refractivity contribution is 5.38. The molecule has 0 radical (unpaired) electrons. The average Bonchev–Trinajstić information content (AvgIpc) is 3.01. The van der Waals surface area contributed by atoms with E-state index in [1.165, 1.54) is 11.1 Å². The number of nitrogens with zero attached hydrogens (tertiary/aromatic N) is 2. The van der Waals surface area contributed by atoms with E-state index in [9.17, 15) is 5.11 Å². The molecule has 2 aliphatic rings. The van der Waals surface area contributed by atoms with E-state index in [-0.39, 0.29) is 17.9 Å². The zero-order valence-corrected chi connectivity index (χ0v) is 10.6. The fourth-order valence-electron chi connectivity index (χ4n) is 3.17. The molecule has 0 spiro atoms. The number of aromatic nitrogens is 2. The number of aryl methyl sites for hydroxylation is 1. The van der Waals surface area contributed by atoms with Crippen LogP contribution < -0.4 is 0 Å². The Kier molecular flexibility index (Phi) is 2.45. The zero-order chi connectivity index (χ0) is 12.8. The van der Waals surface area contributed by atoms with Gasteiger partial charge in [0, 0.05) is 11.8 Å². The van der Waals surface area contributed by atoms with Crippen LogP contribution in [0.1, 0.15) is 53.9 Å². The second kappa shape index (κ2) is 4.17. The Morgan fingerprint density at radius 1 is 1.21 bits per heavy atom. The van der Waals surface area contributed by atoms with Gasteiger partial charge in [0.05, 0.1) is 6.10 Å². The molecule has 2 aliphatic carbocycles. The summed E-state index contributed by atoms with van der Waals surface area (Å²) in [5.41, 5.74) is 2.74. The molecule has 1 aromatic carbocycles. The van der Waals surface area contributed by atoms with Gasteiger partial charge in [-0.05, 0) is 36.8 Å². The van der Waals surface area contributed by atoms with Crippen LogP contribution in [0, 0.1) is 0 Å². The maximum Gasteiger partial charge on any atom is 0.229 e. The summed E-state index contributed by atoms with van der Waals surface area (Å²) >= 11 is 0. The maximum atomic E-state index is 9.34. The first-order valence-corrected chi connectivity index (χ1v) is 6.90. The van der Waals surface area contributed by atoms with Gasteiger partial charge in [0.25, 0.3) is 0 Å². The van der Waals surface area contributed by atoms with Crippen LogP contribution in [0.2, 0.25) is 0 Å². The van der Waals surface area contributed by atoms with Crippen molar-refractivity contribution in [1.29, 1.82) is 0 Å². The highest BCUT2D eigenvalue weighted by atomic mass is 16.5. The van der Waals surface area contributed by atoms with Gasteiger partial charge in [0.1, 0.15) is 0 Å². The first-order chi connectivity index (χ1) is 9.31. The van der Waals surface area contributed by atoms with Crippen LogP contribution in [0.25, 0.3) is 0 Å². The van der Waals surface area contributed by atoms with E-state index < -0.39 is 0 Å².